The van der Waals surface area contributed by atoms with Gasteiger partial charge >= 0.3 is 0 Å². The largest absolute Gasteiger partial charge is 0.497 e. The number of benzene rings is 2. The van der Waals surface area contributed by atoms with Gasteiger partial charge < -0.3 is 14.5 Å². The lowest BCUT2D eigenvalue weighted by molar-refractivity contribution is -0.924. The summed E-state index contributed by atoms with van der Waals surface area (Å²) < 4.78 is 18.3. The van der Waals surface area contributed by atoms with Crippen molar-refractivity contribution in [3.8, 4) is 5.75 Å². The van der Waals surface area contributed by atoms with Gasteiger partial charge in [-0.05, 0) is 55.3 Å². The van der Waals surface area contributed by atoms with Gasteiger partial charge in [-0.25, -0.2) is 4.39 Å². The Bertz CT molecular complexity index is 649. The molecule has 0 aliphatic carbocycles. The van der Waals surface area contributed by atoms with Crippen LogP contribution in [0.3, 0.4) is 0 Å². The molecule has 1 atom stereocenters. The molecule has 0 spiro atoms. The van der Waals surface area contributed by atoms with Gasteiger partial charge in [-0.1, -0.05) is 12.1 Å². The SMILES string of the molecule is COc1ccc(CC[C@@H](C)[NH+]2CCN(c3ccc(F)cc3)CC2)cc1. The maximum atomic E-state index is 13.1. The number of piperazine rings is 1. The molecule has 2 aromatic rings. The predicted molar refractivity (Wildman–Crippen MR) is 100 cm³/mol. The second-order valence-corrected chi connectivity index (χ2v) is 6.91. The summed E-state index contributed by atoms with van der Waals surface area (Å²) in [5.74, 6) is 0.750. The molecule has 134 valence electrons. The third kappa shape index (κ3) is 4.73. The molecule has 1 aliphatic rings. The second-order valence-electron chi connectivity index (χ2n) is 6.91. The number of anilines is 1. The van der Waals surface area contributed by atoms with Crippen LogP contribution in [0.2, 0.25) is 0 Å². The highest BCUT2D eigenvalue weighted by molar-refractivity contribution is 5.46. The molecule has 0 saturated carbocycles. The third-order valence-corrected chi connectivity index (χ3v) is 5.32. The molecule has 1 aliphatic heterocycles. The quantitative estimate of drug-likeness (QED) is 0.868. The number of quaternary nitrogens is 1. The summed E-state index contributed by atoms with van der Waals surface area (Å²) in [7, 11) is 1.70. The van der Waals surface area contributed by atoms with E-state index in [1.807, 2.05) is 24.3 Å². The van der Waals surface area contributed by atoms with Crippen molar-refractivity contribution >= 4 is 5.69 Å². The van der Waals surface area contributed by atoms with E-state index in [4.69, 9.17) is 4.74 Å². The van der Waals surface area contributed by atoms with Crippen LogP contribution in [0.25, 0.3) is 0 Å². The number of rotatable bonds is 6. The first kappa shape index (κ1) is 17.7. The molecule has 1 heterocycles. The summed E-state index contributed by atoms with van der Waals surface area (Å²) >= 11 is 0. The number of nitrogens with one attached hydrogen (secondary N) is 1. The van der Waals surface area contributed by atoms with E-state index in [0.717, 1.165) is 44.0 Å². The molecule has 3 rings (SSSR count). The molecule has 0 radical (unpaired) electrons. The third-order valence-electron chi connectivity index (χ3n) is 5.32. The van der Waals surface area contributed by atoms with Gasteiger partial charge in [0, 0.05) is 12.1 Å². The highest BCUT2D eigenvalue weighted by Gasteiger charge is 2.24. The van der Waals surface area contributed by atoms with E-state index in [0.29, 0.717) is 6.04 Å². The standard InChI is InChI=1S/C21H27FN2O/c1-17(3-4-18-5-11-21(25-2)12-6-18)23-13-15-24(16-14-23)20-9-7-19(22)8-10-20/h5-12,17H,3-4,13-16H2,1-2H3/p+1/t17-/m1/s1. The van der Waals surface area contributed by atoms with Crippen LogP contribution >= 0.6 is 0 Å². The van der Waals surface area contributed by atoms with E-state index >= 15 is 0 Å². The molecule has 1 fully saturated rings. The highest BCUT2D eigenvalue weighted by Crippen LogP contribution is 2.15. The smallest absolute Gasteiger partial charge is 0.123 e. The Morgan fingerprint density at radius 1 is 1.04 bits per heavy atom. The Morgan fingerprint density at radius 2 is 1.68 bits per heavy atom. The van der Waals surface area contributed by atoms with Crippen LogP contribution in [0.15, 0.2) is 48.5 Å². The number of hydrogen-bond acceptors (Lipinski definition) is 2. The van der Waals surface area contributed by atoms with Gasteiger partial charge in [0.05, 0.1) is 39.3 Å². The Hall–Kier alpha value is -2.07. The number of nitrogens with zero attached hydrogens (tertiary/aromatic N) is 1. The van der Waals surface area contributed by atoms with E-state index in [-0.39, 0.29) is 5.82 Å². The lowest BCUT2D eigenvalue weighted by atomic mass is 10.0. The molecule has 0 aromatic heterocycles. The summed E-state index contributed by atoms with van der Waals surface area (Å²) in [6, 6.07) is 15.9. The normalized spacial score (nSPS) is 16.7. The van der Waals surface area contributed by atoms with E-state index in [1.54, 1.807) is 24.1 Å². The molecular formula is C21H28FN2O+. The van der Waals surface area contributed by atoms with Gasteiger partial charge in [-0.15, -0.1) is 0 Å². The topological polar surface area (TPSA) is 16.9 Å². The van der Waals surface area contributed by atoms with Gasteiger partial charge in [0.25, 0.3) is 0 Å². The summed E-state index contributed by atoms with van der Waals surface area (Å²) in [6.45, 7) is 6.70. The van der Waals surface area contributed by atoms with Gasteiger partial charge in [0.2, 0.25) is 0 Å². The van der Waals surface area contributed by atoms with Crippen LogP contribution in [0.5, 0.6) is 5.75 Å². The number of halogens is 1. The molecule has 3 nitrogen and oxygen atoms in total. The van der Waals surface area contributed by atoms with Crippen LogP contribution < -0.4 is 14.5 Å². The van der Waals surface area contributed by atoms with Gasteiger partial charge in [0.15, 0.2) is 0 Å². The Balaban J connectivity index is 1.46. The zero-order valence-electron chi connectivity index (χ0n) is 15.2. The number of hydrogen-bond donors (Lipinski definition) is 1. The molecule has 1 N–H and O–H groups in total. The summed E-state index contributed by atoms with van der Waals surface area (Å²) in [4.78, 5) is 4.03. The molecule has 25 heavy (non-hydrogen) atoms. The minimum absolute atomic E-state index is 0.167. The Morgan fingerprint density at radius 3 is 2.28 bits per heavy atom. The summed E-state index contributed by atoms with van der Waals surface area (Å²) in [6.07, 6.45) is 2.30. The lowest BCUT2D eigenvalue weighted by Crippen LogP contribution is -3.18. The van der Waals surface area contributed by atoms with Crippen molar-refractivity contribution in [2.24, 2.45) is 0 Å². The van der Waals surface area contributed by atoms with Crippen molar-refractivity contribution in [1.82, 2.24) is 0 Å². The van der Waals surface area contributed by atoms with Crippen molar-refractivity contribution in [2.45, 2.75) is 25.8 Å². The average molecular weight is 343 g/mol. The van der Waals surface area contributed by atoms with Crippen molar-refractivity contribution in [2.75, 3.05) is 38.2 Å². The molecule has 2 aromatic carbocycles. The van der Waals surface area contributed by atoms with E-state index in [1.165, 1.54) is 12.0 Å². The fraction of sp³-hybridized carbons (Fsp3) is 0.429. The highest BCUT2D eigenvalue weighted by atomic mass is 19.1. The van der Waals surface area contributed by atoms with Crippen LogP contribution in [-0.4, -0.2) is 39.3 Å². The maximum absolute atomic E-state index is 13.1. The van der Waals surface area contributed by atoms with Crippen molar-refractivity contribution in [3.63, 3.8) is 0 Å². The Labute approximate surface area is 150 Å². The molecule has 0 unspecified atom stereocenters. The predicted octanol–water partition coefficient (Wildman–Crippen LogP) is 2.56. The molecule has 0 bridgehead atoms. The van der Waals surface area contributed by atoms with Crippen LogP contribution in [-0.2, 0) is 6.42 Å². The maximum Gasteiger partial charge on any atom is 0.123 e. The number of aryl methyl sites for hydroxylation is 1. The Kier molecular flexibility index (Phi) is 5.92. The van der Waals surface area contributed by atoms with Gasteiger partial charge in [-0.2, -0.15) is 0 Å². The van der Waals surface area contributed by atoms with Gasteiger partial charge in [-0.3, -0.25) is 0 Å². The monoisotopic (exact) mass is 343 g/mol. The molecule has 4 heteroatoms. The van der Waals surface area contributed by atoms with Crippen LogP contribution in [0, 0.1) is 5.82 Å². The van der Waals surface area contributed by atoms with Crippen molar-refractivity contribution in [1.29, 1.82) is 0 Å². The lowest BCUT2D eigenvalue weighted by Gasteiger charge is -2.36. The zero-order valence-corrected chi connectivity index (χ0v) is 15.2. The average Bonchev–Trinajstić information content (AvgIpc) is 2.67. The zero-order chi connectivity index (χ0) is 17.6. The van der Waals surface area contributed by atoms with Crippen molar-refractivity contribution < 1.29 is 14.0 Å². The van der Waals surface area contributed by atoms with Crippen molar-refractivity contribution in [3.05, 3.63) is 59.9 Å². The fourth-order valence-corrected chi connectivity index (χ4v) is 3.58. The van der Waals surface area contributed by atoms with Crippen LogP contribution in [0.4, 0.5) is 10.1 Å². The van der Waals surface area contributed by atoms with Crippen LogP contribution in [0.1, 0.15) is 18.9 Å². The molecule has 1 saturated heterocycles. The van der Waals surface area contributed by atoms with E-state index < -0.39 is 0 Å². The molecular weight excluding hydrogens is 315 g/mol. The first-order chi connectivity index (χ1) is 12.2. The second kappa shape index (κ2) is 8.34. The van der Waals surface area contributed by atoms with E-state index in [9.17, 15) is 4.39 Å². The molecule has 0 amide bonds. The number of ether oxygens (including phenoxy) is 1. The summed E-state index contributed by atoms with van der Waals surface area (Å²) in [5, 5.41) is 0. The first-order valence-electron chi connectivity index (χ1n) is 9.14. The summed E-state index contributed by atoms with van der Waals surface area (Å²) in [5.41, 5.74) is 2.50. The van der Waals surface area contributed by atoms with E-state index in [2.05, 4.69) is 24.0 Å². The first-order valence-corrected chi connectivity index (χ1v) is 9.14. The minimum Gasteiger partial charge on any atom is -0.497 e. The van der Waals surface area contributed by atoms with Gasteiger partial charge in [0.1, 0.15) is 11.6 Å². The number of methoxy groups -OCH3 is 1. The minimum atomic E-state index is -0.167. The fourth-order valence-electron chi connectivity index (χ4n) is 3.58.